The van der Waals surface area contributed by atoms with Gasteiger partial charge in [0.1, 0.15) is 5.78 Å². The van der Waals surface area contributed by atoms with Gasteiger partial charge in [0.05, 0.1) is 0 Å². The molecule has 0 unspecified atom stereocenters. The van der Waals surface area contributed by atoms with Gasteiger partial charge in [0.15, 0.2) is 0 Å². The van der Waals surface area contributed by atoms with Crippen molar-refractivity contribution in [3.63, 3.8) is 0 Å². The first kappa shape index (κ1) is 6.79. The van der Waals surface area contributed by atoms with Gasteiger partial charge in [-0.2, -0.15) is 0 Å². The second-order valence-electron chi connectivity index (χ2n) is 3.23. The van der Waals surface area contributed by atoms with E-state index >= 15 is 0 Å². The first-order valence-corrected chi connectivity index (χ1v) is 3.72. The van der Waals surface area contributed by atoms with Crippen LogP contribution in [0, 0.1) is 5.41 Å². The van der Waals surface area contributed by atoms with E-state index in [-0.39, 0.29) is 5.41 Å². The lowest BCUT2D eigenvalue weighted by atomic mass is 10.0. The fourth-order valence-corrected chi connectivity index (χ4v) is 0.995. The van der Waals surface area contributed by atoms with Crippen molar-refractivity contribution in [1.29, 1.82) is 0 Å². The molecule has 0 aromatic rings. The lowest BCUT2D eigenvalue weighted by molar-refractivity contribution is -0.123. The second-order valence-corrected chi connectivity index (χ2v) is 3.23. The highest BCUT2D eigenvalue weighted by Gasteiger charge is 2.43. The fraction of sp³-hybridized carbons (Fsp3) is 0.875. The van der Waals surface area contributed by atoms with Crippen molar-refractivity contribution < 1.29 is 4.79 Å². The molecule has 0 aromatic heterocycles. The maximum atomic E-state index is 11.1. The molecule has 0 radical (unpaired) electrons. The van der Waals surface area contributed by atoms with E-state index in [0.29, 0.717) is 5.78 Å². The Labute approximate surface area is 56.4 Å². The number of hydrogen-bond acceptors (Lipinski definition) is 1. The normalized spacial score (nSPS) is 21.6. The first-order valence-electron chi connectivity index (χ1n) is 3.72. The molecule has 0 N–H and O–H groups in total. The highest BCUT2D eigenvalue weighted by Crippen LogP contribution is 2.46. The Morgan fingerprint density at radius 1 is 1.56 bits per heavy atom. The van der Waals surface area contributed by atoms with Gasteiger partial charge in [0.25, 0.3) is 0 Å². The Morgan fingerprint density at radius 3 is 2.44 bits per heavy atom. The highest BCUT2D eigenvalue weighted by atomic mass is 16.1. The third-order valence-corrected chi connectivity index (χ3v) is 2.15. The van der Waals surface area contributed by atoms with Gasteiger partial charge >= 0.3 is 0 Å². The van der Waals surface area contributed by atoms with Crippen LogP contribution in [-0.2, 0) is 4.79 Å². The Balaban J connectivity index is 2.34. The highest BCUT2D eigenvalue weighted by molar-refractivity contribution is 5.86. The van der Waals surface area contributed by atoms with Crippen molar-refractivity contribution >= 4 is 5.78 Å². The monoisotopic (exact) mass is 126 g/mol. The summed E-state index contributed by atoms with van der Waals surface area (Å²) in [5, 5.41) is 0. The van der Waals surface area contributed by atoms with E-state index in [1.54, 1.807) is 0 Å². The molecule has 0 heterocycles. The summed E-state index contributed by atoms with van der Waals surface area (Å²) in [4.78, 5) is 11.1. The molecule has 1 aliphatic carbocycles. The van der Waals surface area contributed by atoms with E-state index in [0.717, 1.165) is 25.7 Å². The summed E-state index contributed by atoms with van der Waals surface area (Å²) in [5.41, 5.74) is 0.121. The Kier molecular flexibility index (Phi) is 1.60. The van der Waals surface area contributed by atoms with Gasteiger partial charge in [-0.05, 0) is 19.3 Å². The van der Waals surface area contributed by atoms with Crippen LogP contribution >= 0.6 is 0 Å². The summed E-state index contributed by atoms with van der Waals surface area (Å²) in [6.07, 6.45) is 4.06. The van der Waals surface area contributed by atoms with E-state index in [1.165, 1.54) is 0 Å². The second kappa shape index (κ2) is 2.13. The molecule has 1 saturated carbocycles. The van der Waals surface area contributed by atoms with E-state index in [1.807, 2.05) is 0 Å². The summed E-state index contributed by atoms with van der Waals surface area (Å²) < 4.78 is 0. The summed E-state index contributed by atoms with van der Waals surface area (Å²) in [6, 6.07) is 0. The topological polar surface area (TPSA) is 17.1 Å². The molecule has 0 saturated heterocycles. The summed E-state index contributed by atoms with van der Waals surface area (Å²) >= 11 is 0. The van der Waals surface area contributed by atoms with Gasteiger partial charge in [-0.3, -0.25) is 4.79 Å². The molecule has 1 aliphatic rings. The molecule has 1 heteroatoms. The minimum absolute atomic E-state index is 0.121. The van der Waals surface area contributed by atoms with Gasteiger partial charge in [-0.15, -0.1) is 0 Å². The minimum Gasteiger partial charge on any atom is -0.299 e. The predicted molar refractivity (Wildman–Crippen MR) is 37.3 cm³/mol. The average Bonchev–Trinajstić information content (AvgIpc) is 2.50. The lowest BCUT2D eigenvalue weighted by Crippen LogP contribution is -2.10. The summed E-state index contributed by atoms with van der Waals surface area (Å²) in [7, 11) is 0. The zero-order valence-corrected chi connectivity index (χ0v) is 6.24. The van der Waals surface area contributed by atoms with Crippen LogP contribution in [0.5, 0.6) is 0 Å². The number of hydrogen-bond donors (Lipinski definition) is 0. The Bertz CT molecular complexity index is 123. The van der Waals surface area contributed by atoms with Gasteiger partial charge in [-0.1, -0.05) is 13.8 Å². The van der Waals surface area contributed by atoms with Crippen molar-refractivity contribution in [2.24, 2.45) is 5.41 Å². The summed E-state index contributed by atoms with van der Waals surface area (Å²) in [5.74, 6) is 0.477. The maximum Gasteiger partial charge on any atom is 0.138 e. The zero-order valence-electron chi connectivity index (χ0n) is 6.24. The van der Waals surface area contributed by atoms with Crippen LogP contribution in [-0.4, -0.2) is 5.78 Å². The Morgan fingerprint density at radius 2 is 2.11 bits per heavy atom. The van der Waals surface area contributed by atoms with Crippen molar-refractivity contribution in [2.45, 2.75) is 39.5 Å². The number of carbonyl (C=O) groups is 1. The molecule has 0 spiro atoms. The number of Topliss-reactive ketones (excluding diaryl/α,β-unsaturated/α-hetero) is 1. The van der Waals surface area contributed by atoms with Crippen LogP contribution in [0.15, 0.2) is 0 Å². The van der Waals surface area contributed by atoms with Crippen molar-refractivity contribution in [3.8, 4) is 0 Å². The predicted octanol–water partition coefficient (Wildman–Crippen LogP) is 2.16. The molecule has 0 bridgehead atoms. The number of carbonyl (C=O) groups excluding carboxylic acids is 1. The minimum atomic E-state index is 0.121. The van der Waals surface area contributed by atoms with Crippen LogP contribution in [0.3, 0.4) is 0 Å². The molecule has 1 nitrogen and oxygen atoms in total. The molecule has 1 rings (SSSR count). The summed E-state index contributed by atoms with van der Waals surface area (Å²) in [6.45, 7) is 4.13. The number of ketones is 1. The molecule has 0 aliphatic heterocycles. The molecular formula is C8H14O. The van der Waals surface area contributed by atoms with Crippen molar-refractivity contribution in [2.75, 3.05) is 0 Å². The lowest BCUT2D eigenvalue weighted by Gasteiger charge is -2.03. The third-order valence-electron chi connectivity index (χ3n) is 2.15. The first-order chi connectivity index (χ1) is 4.19. The van der Waals surface area contributed by atoms with E-state index < -0.39 is 0 Å². The van der Waals surface area contributed by atoms with E-state index in [4.69, 9.17) is 0 Å². The van der Waals surface area contributed by atoms with Gasteiger partial charge < -0.3 is 0 Å². The van der Waals surface area contributed by atoms with Crippen LogP contribution < -0.4 is 0 Å². The van der Waals surface area contributed by atoms with Crippen LogP contribution in [0.25, 0.3) is 0 Å². The molecule has 0 aromatic carbocycles. The van der Waals surface area contributed by atoms with Crippen molar-refractivity contribution in [3.05, 3.63) is 0 Å². The molecule has 9 heavy (non-hydrogen) atoms. The zero-order chi connectivity index (χ0) is 6.91. The molecule has 0 atom stereocenters. The molecular weight excluding hydrogens is 112 g/mol. The van der Waals surface area contributed by atoms with Crippen LogP contribution in [0.4, 0.5) is 0 Å². The van der Waals surface area contributed by atoms with E-state index in [9.17, 15) is 4.79 Å². The maximum absolute atomic E-state index is 11.1. The molecule has 52 valence electrons. The number of rotatable bonds is 3. The van der Waals surface area contributed by atoms with Crippen molar-refractivity contribution in [1.82, 2.24) is 0 Å². The van der Waals surface area contributed by atoms with Gasteiger partial charge in [-0.25, -0.2) is 0 Å². The smallest absolute Gasteiger partial charge is 0.138 e. The SMILES string of the molecule is CCCC(=O)C1(C)CC1. The average molecular weight is 126 g/mol. The third kappa shape index (κ3) is 1.32. The fourth-order valence-electron chi connectivity index (χ4n) is 0.995. The van der Waals surface area contributed by atoms with Gasteiger partial charge in [0, 0.05) is 11.8 Å². The van der Waals surface area contributed by atoms with Crippen LogP contribution in [0.2, 0.25) is 0 Å². The van der Waals surface area contributed by atoms with Gasteiger partial charge in [0.2, 0.25) is 0 Å². The largest absolute Gasteiger partial charge is 0.299 e. The van der Waals surface area contributed by atoms with E-state index in [2.05, 4.69) is 13.8 Å². The Hall–Kier alpha value is -0.330. The quantitative estimate of drug-likeness (QED) is 0.566. The molecule has 1 fully saturated rings. The van der Waals surface area contributed by atoms with Crippen LogP contribution in [0.1, 0.15) is 39.5 Å². The standard InChI is InChI=1S/C8H14O/c1-3-4-7(9)8(2)5-6-8/h3-6H2,1-2H3. The molecule has 0 amide bonds.